The Labute approximate surface area is 81.4 Å². The van der Waals surface area contributed by atoms with Crippen molar-refractivity contribution in [3.63, 3.8) is 0 Å². The standard InChI is InChI=1S/C8H15FO5/c1-12-6-5(10)4(3-9)14-8(11)7(6)13-2/h4-8,10-11H,3H2,1-2H3/t4-,5-,6+,7+,8+/m1/s1. The van der Waals surface area contributed by atoms with Gasteiger partial charge in [-0.1, -0.05) is 0 Å². The molecule has 0 saturated carbocycles. The number of aliphatic hydroxyl groups excluding tert-OH is 2. The van der Waals surface area contributed by atoms with Gasteiger partial charge >= 0.3 is 0 Å². The molecule has 1 saturated heterocycles. The van der Waals surface area contributed by atoms with Gasteiger partial charge in [0.25, 0.3) is 0 Å². The van der Waals surface area contributed by atoms with Crippen LogP contribution in [0.1, 0.15) is 0 Å². The molecule has 1 aliphatic rings. The number of rotatable bonds is 3. The molecule has 0 aliphatic carbocycles. The smallest absolute Gasteiger partial charge is 0.184 e. The fourth-order valence-electron chi connectivity index (χ4n) is 1.56. The first-order valence-corrected chi connectivity index (χ1v) is 4.28. The second kappa shape index (κ2) is 4.99. The first kappa shape index (κ1) is 11.8. The van der Waals surface area contributed by atoms with Gasteiger partial charge in [0.1, 0.15) is 31.1 Å². The van der Waals surface area contributed by atoms with Crippen molar-refractivity contribution in [2.24, 2.45) is 0 Å². The Morgan fingerprint density at radius 3 is 2.21 bits per heavy atom. The normalized spacial score (nSPS) is 43.9. The lowest BCUT2D eigenvalue weighted by atomic mass is 9.99. The predicted octanol–water partition coefficient (Wildman–Crippen LogP) is -0.936. The second-order valence-corrected chi connectivity index (χ2v) is 3.11. The van der Waals surface area contributed by atoms with Gasteiger partial charge in [-0.05, 0) is 0 Å². The summed E-state index contributed by atoms with van der Waals surface area (Å²) in [6.07, 6.45) is -5.09. The van der Waals surface area contributed by atoms with Gasteiger partial charge in [-0.3, -0.25) is 0 Å². The van der Waals surface area contributed by atoms with Gasteiger partial charge in [-0.25, -0.2) is 4.39 Å². The van der Waals surface area contributed by atoms with Crippen LogP contribution in [0.4, 0.5) is 4.39 Å². The zero-order valence-corrected chi connectivity index (χ0v) is 8.09. The van der Waals surface area contributed by atoms with Crippen LogP contribution in [0.15, 0.2) is 0 Å². The Morgan fingerprint density at radius 2 is 1.79 bits per heavy atom. The average Bonchev–Trinajstić information content (AvgIpc) is 2.20. The lowest BCUT2D eigenvalue weighted by Gasteiger charge is -2.40. The molecule has 1 fully saturated rings. The molecule has 0 amide bonds. The van der Waals surface area contributed by atoms with Gasteiger partial charge in [-0.15, -0.1) is 0 Å². The summed E-state index contributed by atoms with van der Waals surface area (Å²) in [7, 11) is 2.71. The first-order chi connectivity index (χ1) is 6.65. The Balaban J connectivity index is 2.73. The predicted molar refractivity (Wildman–Crippen MR) is 44.5 cm³/mol. The minimum Gasteiger partial charge on any atom is -0.387 e. The minimum absolute atomic E-state index is 0.788. The molecule has 0 radical (unpaired) electrons. The number of aliphatic hydroxyl groups is 2. The van der Waals surface area contributed by atoms with Crippen LogP contribution in [-0.4, -0.2) is 61.8 Å². The highest BCUT2D eigenvalue weighted by Crippen LogP contribution is 2.23. The third-order valence-corrected chi connectivity index (χ3v) is 2.33. The van der Waals surface area contributed by atoms with Crippen molar-refractivity contribution in [2.75, 3.05) is 20.9 Å². The second-order valence-electron chi connectivity index (χ2n) is 3.11. The highest BCUT2D eigenvalue weighted by atomic mass is 19.1. The van der Waals surface area contributed by atoms with Crippen LogP contribution in [0.5, 0.6) is 0 Å². The van der Waals surface area contributed by atoms with E-state index in [2.05, 4.69) is 0 Å². The van der Waals surface area contributed by atoms with Gasteiger partial charge in [0.15, 0.2) is 6.29 Å². The van der Waals surface area contributed by atoms with Crippen LogP contribution in [-0.2, 0) is 14.2 Å². The van der Waals surface area contributed by atoms with E-state index in [1.807, 2.05) is 0 Å². The zero-order chi connectivity index (χ0) is 10.7. The summed E-state index contributed by atoms with van der Waals surface area (Å²) >= 11 is 0. The molecular weight excluding hydrogens is 195 g/mol. The Hall–Kier alpha value is -0.270. The summed E-state index contributed by atoms with van der Waals surface area (Å²) in [5, 5.41) is 19.0. The van der Waals surface area contributed by atoms with Crippen LogP contribution >= 0.6 is 0 Å². The summed E-state index contributed by atoms with van der Waals surface area (Å²) in [6, 6.07) is 0. The molecule has 2 N–H and O–H groups in total. The summed E-state index contributed by atoms with van der Waals surface area (Å²) in [5.74, 6) is 0. The molecule has 84 valence electrons. The molecule has 1 rings (SSSR count). The molecule has 0 aromatic carbocycles. The van der Waals surface area contributed by atoms with Crippen LogP contribution in [0, 0.1) is 0 Å². The van der Waals surface area contributed by atoms with E-state index < -0.39 is 37.4 Å². The third-order valence-electron chi connectivity index (χ3n) is 2.33. The van der Waals surface area contributed by atoms with E-state index in [0.29, 0.717) is 0 Å². The van der Waals surface area contributed by atoms with Crippen molar-refractivity contribution < 1.29 is 28.8 Å². The molecule has 0 aromatic heterocycles. The largest absolute Gasteiger partial charge is 0.387 e. The quantitative estimate of drug-likeness (QED) is 0.629. The van der Waals surface area contributed by atoms with Crippen molar-refractivity contribution in [3.8, 4) is 0 Å². The summed E-state index contributed by atoms with van der Waals surface area (Å²) in [6.45, 7) is -0.880. The Kier molecular flexibility index (Phi) is 4.21. The highest BCUT2D eigenvalue weighted by Gasteiger charge is 2.45. The number of alkyl halides is 1. The van der Waals surface area contributed by atoms with E-state index in [1.54, 1.807) is 0 Å². The molecular formula is C8H15FO5. The molecule has 5 nitrogen and oxygen atoms in total. The maximum absolute atomic E-state index is 12.4. The topological polar surface area (TPSA) is 68.2 Å². The van der Waals surface area contributed by atoms with Crippen molar-refractivity contribution in [1.29, 1.82) is 0 Å². The van der Waals surface area contributed by atoms with Gasteiger partial charge in [-0.2, -0.15) is 0 Å². The van der Waals surface area contributed by atoms with Gasteiger partial charge in [0.05, 0.1) is 0 Å². The van der Waals surface area contributed by atoms with Crippen molar-refractivity contribution in [3.05, 3.63) is 0 Å². The minimum atomic E-state index is -1.28. The van der Waals surface area contributed by atoms with Crippen LogP contribution < -0.4 is 0 Å². The number of hydrogen-bond acceptors (Lipinski definition) is 5. The SMILES string of the molecule is CO[C@H]1[C@H](O)[C@@H](CF)O[C@H](O)[C@H]1OC. The number of halogens is 1. The van der Waals surface area contributed by atoms with E-state index in [1.165, 1.54) is 14.2 Å². The molecule has 14 heavy (non-hydrogen) atoms. The van der Waals surface area contributed by atoms with E-state index in [0.717, 1.165) is 0 Å². The lowest BCUT2D eigenvalue weighted by molar-refractivity contribution is -0.292. The number of methoxy groups -OCH3 is 2. The molecule has 0 aromatic rings. The maximum atomic E-state index is 12.4. The first-order valence-electron chi connectivity index (χ1n) is 4.28. The van der Waals surface area contributed by atoms with E-state index in [9.17, 15) is 14.6 Å². The van der Waals surface area contributed by atoms with Gasteiger partial charge in [0, 0.05) is 14.2 Å². The molecule has 0 bridgehead atoms. The monoisotopic (exact) mass is 210 g/mol. The summed E-state index contributed by atoms with van der Waals surface area (Å²) in [5.41, 5.74) is 0. The highest BCUT2D eigenvalue weighted by molar-refractivity contribution is 4.90. The van der Waals surface area contributed by atoms with Gasteiger partial charge < -0.3 is 24.4 Å². The van der Waals surface area contributed by atoms with E-state index in [4.69, 9.17) is 14.2 Å². The Morgan fingerprint density at radius 1 is 1.21 bits per heavy atom. The van der Waals surface area contributed by atoms with Crippen LogP contribution in [0.3, 0.4) is 0 Å². The lowest BCUT2D eigenvalue weighted by Crippen LogP contribution is -2.59. The fourth-order valence-corrected chi connectivity index (χ4v) is 1.56. The fraction of sp³-hybridized carbons (Fsp3) is 1.00. The summed E-state index contributed by atoms with van der Waals surface area (Å²) < 4.78 is 27.0. The van der Waals surface area contributed by atoms with E-state index >= 15 is 0 Å². The maximum Gasteiger partial charge on any atom is 0.184 e. The molecule has 0 spiro atoms. The average molecular weight is 210 g/mol. The molecule has 1 heterocycles. The van der Waals surface area contributed by atoms with Crippen molar-refractivity contribution >= 4 is 0 Å². The van der Waals surface area contributed by atoms with Crippen molar-refractivity contribution in [1.82, 2.24) is 0 Å². The molecule has 1 aliphatic heterocycles. The van der Waals surface area contributed by atoms with E-state index in [-0.39, 0.29) is 0 Å². The number of hydrogen-bond donors (Lipinski definition) is 2. The van der Waals surface area contributed by atoms with Crippen molar-refractivity contribution in [2.45, 2.75) is 30.7 Å². The number of ether oxygens (including phenoxy) is 3. The summed E-state index contributed by atoms with van der Waals surface area (Å²) in [4.78, 5) is 0. The molecule has 0 unspecified atom stereocenters. The molecule has 5 atom stereocenters. The molecule has 6 heteroatoms. The Bertz CT molecular complexity index is 179. The zero-order valence-electron chi connectivity index (χ0n) is 8.09. The third kappa shape index (κ3) is 2.04. The van der Waals surface area contributed by atoms with Gasteiger partial charge in [0.2, 0.25) is 0 Å². The van der Waals surface area contributed by atoms with Crippen LogP contribution in [0.25, 0.3) is 0 Å². The van der Waals surface area contributed by atoms with Crippen LogP contribution in [0.2, 0.25) is 0 Å².